The van der Waals surface area contributed by atoms with Crippen LogP contribution in [-0.4, -0.2) is 91.1 Å². The molecular weight excluding hydrogens is 484 g/mol. The van der Waals surface area contributed by atoms with Gasteiger partial charge in [-0.05, 0) is 6.92 Å². The van der Waals surface area contributed by atoms with Gasteiger partial charge >= 0.3 is 0 Å². The van der Waals surface area contributed by atoms with Crippen LogP contribution < -0.4 is 16.2 Å². The predicted octanol–water partition coefficient (Wildman–Crippen LogP) is -1.36. The van der Waals surface area contributed by atoms with Crippen molar-refractivity contribution in [2.24, 2.45) is 5.16 Å². The number of hydrogen-bond acceptors (Lipinski definition) is 11. The largest absolute Gasteiger partial charge is 0.543 e. The molecule has 2 amide bonds. The number of anilines is 1. The summed E-state index contributed by atoms with van der Waals surface area (Å²) in [6.45, 7) is 2.56. The number of thiazole rings is 1. The van der Waals surface area contributed by atoms with E-state index in [-0.39, 0.29) is 34.4 Å². The normalized spacial score (nSPS) is 31.3. The van der Waals surface area contributed by atoms with Crippen LogP contribution in [0.4, 0.5) is 5.13 Å². The first kappa shape index (κ1) is 24.4. The van der Waals surface area contributed by atoms with E-state index in [2.05, 4.69) is 15.5 Å². The Balaban J connectivity index is 1.62. The summed E-state index contributed by atoms with van der Waals surface area (Å²) in [5.74, 6) is -2.87. The average Bonchev–Trinajstić information content (AvgIpc) is 3.38. The number of carboxylic acids is 1. The van der Waals surface area contributed by atoms with Gasteiger partial charge in [0, 0.05) is 31.2 Å². The van der Waals surface area contributed by atoms with Crippen molar-refractivity contribution in [1.29, 1.82) is 0 Å². The molecule has 2 fully saturated rings. The van der Waals surface area contributed by atoms with Crippen molar-refractivity contribution >= 4 is 51.7 Å². The standard InChI is InChI=1S/C20H26N6O6S2/c1-9-15(26(2)6-3-4-10(26)5-7-27)14(19(30)31)25-17(29)13(18(25)34-9)23-16(28)12(24-32)11-8-33-20(21)22-11/h8-10,13,18,27H,3-7H2,1-2H3,(H4-,21,22,23,28,30,31,32)/t9?,10?,13?,18-,26?/m1/s1. The summed E-state index contributed by atoms with van der Waals surface area (Å²) in [4.78, 5) is 43.2. The van der Waals surface area contributed by atoms with E-state index in [0.717, 1.165) is 24.2 Å². The van der Waals surface area contributed by atoms with Crippen molar-refractivity contribution in [1.82, 2.24) is 15.2 Å². The molecule has 12 nitrogen and oxygen atoms in total. The monoisotopic (exact) mass is 510 g/mol. The van der Waals surface area contributed by atoms with E-state index in [1.54, 1.807) is 0 Å². The number of likely N-dealkylation sites (tertiary alicyclic amines) is 1. The Bertz CT molecular complexity index is 1090. The van der Waals surface area contributed by atoms with Gasteiger partial charge < -0.3 is 31.3 Å². The Morgan fingerprint density at radius 3 is 2.79 bits per heavy atom. The minimum absolute atomic E-state index is 0.00722. The first-order valence-electron chi connectivity index (χ1n) is 10.8. The van der Waals surface area contributed by atoms with Crippen LogP contribution in [-0.2, 0) is 14.4 Å². The number of hydrogen-bond donors (Lipinski definition) is 4. The summed E-state index contributed by atoms with van der Waals surface area (Å²) in [5.41, 5.74) is 5.67. The third-order valence-corrected chi connectivity index (χ3v) is 8.86. The zero-order valence-electron chi connectivity index (χ0n) is 18.6. The van der Waals surface area contributed by atoms with E-state index >= 15 is 0 Å². The van der Waals surface area contributed by atoms with Crippen molar-refractivity contribution in [2.45, 2.75) is 48.9 Å². The van der Waals surface area contributed by atoms with Crippen molar-refractivity contribution in [3.05, 3.63) is 22.5 Å². The Morgan fingerprint density at radius 1 is 1.47 bits per heavy atom. The molecule has 184 valence electrons. The van der Waals surface area contributed by atoms with Gasteiger partial charge in [0.25, 0.3) is 11.8 Å². The molecule has 2 saturated heterocycles. The molecule has 5 N–H and O–H groups in total. The second-order valence-electron chi connectivity index (χ2n) is 8.67. The fourth-order valence-electron chi connectivity index (χ4n) is 5.26. The van der Waals surface area contributed by atoms with Crippen LogP contribution in [0.5, 0.6) is 0 Å². The number of nitrogens with two attached hydrogens (primary N) is 1. The number of nitrogens with one attached hydrogen (secondary N) is 1. The summed E-state index contributed by atoms with van der Waals surface area (Å²) in [6, 6.07) is -0.976. The van der Waals surface area contributed by atoms with Gasteiger partial charge in [-0.25, -0.2) is 4.98 Å². The SMILES string of the molecule is CC1S[C@@H]2C(NC(=O)C(=NO)c3csc(N)n3)C(=O)N2C(C(=O)[O-])=C1[N+]1(C)CCCC1CCO. The third kappa shape index (κ3) is 3.83. The molecule has 14 heteroatoms. The lowest BCUT2D eigenvalue weighted by atomic mass is 10.0. The molecule has 4 heterocycles. The zero-order chi connectivity index (χ0) is 24.8. The average molecular weight is 511 g/mol. The number of aliphatic hydroxyl groups excluding tert-OH is 1. The number of nitrogens with zero attached hydrogens (tertiary/aromatic N) is 4. The molecule has 3 aliphatic rings. The highest BCUT2D eigenvalue weighted by Gasteiger charge is 2.58. The Kier molecular flexibility index (Phi) is 6.59. The molecule has 0 saturated carbocycles. The minimum atomic E-state index is -1.45. The van der Waals surface area contributed by atoms with Crippen LogP contribution in [0.1, 0.15) is 31.9 Å². The van der Waals surface area contributed by atoms with E-state index < -0.39 is 34.9 Å². The van der Waals surface area contributed by atoms with Crippen LogP contribution in [0.25, 0.3) is 0 Å². The fraction of sp³-hybridized carbons (Fsp3) is 0.550. The summed E-state index contributed by atoms with van der Waals surface area (Å²) in [6.07, 6.45) is 2.25. The van der Waals surface area contributed by atoms with E-state index in [1.807, 2.05) is 14.0 Å². The Hall–Kier alpha value is -2.68. The Morgan fingerprint density at radius 2 is 2.21 bits per heavy atom. The maximum Gasteiger partial charge on any atom is 0.276 e. The topological polar surface area (TPSA) is 181 Å². The lowest BCUT2D eigenvalue weighted by Crippen LogP contribution is -2.73. The van der Waals surface area contributed by atoms with E-state index in [0.29, 0.717) is 23.1 Å². The van der Waals surface area contributed by atoms with Gasteiger partial charge in [0.1, 0.15) is 28.5 Å². The number of carboxylic acid groups (broad SMARTS) is 1. The van der Waals surface area contributed by atoms with Gasteiger partial charge in [0.2, 0.25) is 0 Å². The lowest BCUT2D eigenvalue weighted by Gasteiger charge is -2.54. The summed E-state index contributed by atoms with van der Waals surface area (Å²) >= 11 is 2.43. The quantitative estimate of drug-likeness (QED) is 0.113. The van der Waals surface area contributed by atoms with E-state index in [4.69, 9.17) is 5.73 Å². The third-order valence-electron chi connectivity index (χ3n) is 6.79. The predicted molar refractivity (Wildman–Crippen MR) is 122 cm³/mol. The second kappa shape index (κ2) is 9.17. The molecule has 0 aliphatic carbocycles. The van der Waals surface area contributed by atoms with Gasteiger partial charge in [-0.1, -0.05) is 5.16 Å². The summed E-state index contributed by atoms with van der Waals surface area (Å²) in [5, 5.41) is 37.3. The number of fused-ring (bicyclic) bond motifs is 1. The van der Waals surface area contributed by atoms with Crippen molar-refractivity contribution < 1.29 is 34.3 Å². The van der Waals surface area contributed by atoms with Crippen molar-refractivity contribution in [3.63, 3.8) is 0 Å². The molecule has 0 bridgehead atoms. The zero-order valence-corrected chi connectivity index (χ0v) is 20.3. The summed E-state index contributed by atoms with van der Waals surface area (Å²) in [7, 11) is 1.94. The van der Waals surface area contributed by atoms with Gasteiger partial charge in [-0.15, -0.1) is 23.1 Å². The molecule has 3 aliphatic heterocycles. The number of aliphatic carboxylic acids is 1. The maximum atomic E-state index is 13.1. The first-order chi connectivity index (χ1) is 16.1. The highest BCUT2D eigenvalue weighted by Crippen LogP contribution is 2.48. The highest BCUT2D eigenvalue weighted by atomic mass is 32.2. The smallest absolute Gasteiger partial charge is 0.276 e. The lowest BCUT2D eigenvalue weighted by molar-refractivity contribution is -0.886. The van der Waals surface area contributed by atoms with Crippen LogP contribution in [0.2, 0.25) is 0 Å². The van der Waals surface area contributed by atoms with Gasteiger partial charge in [-0.3, -0.25) is 19.0 Å². The number of amides is 2. The molecule has 4 rings (SSSR count). The number of quaternary nitrogens is 1. The number of aliphatic hydroxyl groups is 1. The Labute approximate surface area is 203 Å². The molecular formula is C20H26N6O6S2. The molecule has 0 radical (unpaired) electrons. The van der Waals surface area contributed by atoms with Gasteiger partial charge in [-0.2, -0.15) is 0 Å². The minimum Gasteiger partial charge on any atom is -0.543 e. The van der Waals surface area contributed by atoms with Crippen molar-refractivity contribution in [3.8, 4) is 0 Å². The van der Waals surface area contributed by atoms with Crippen LogP contribution in [0.3, 0.4) is 0 Å². The number of carbonyl (C=O) groups excluding carboxylic acids is 3. The van der Waals surface area contributed by atoms with Crippen LogP contribution in [0, 0.1) is 0 Å². The fourth-order valence-corrected chi connectivity index (χ4v) is 7.38. The van der Waals surface area contributed by atoms with E-state index in [1.165, 1.54) is 22.0 Å². The maximum absolute atomic E-state index is 13.1. The van der Waals surface area contributed by atoms with Crippen molar-refractivity contribution in [2.75, 3.05) is 25.9 Å². The molecule has 0 spiro atoms. The van der Waals surface area contributed by atoms with Crippen LogP contribution >= 0.6 is 23.1 Å². The molecule has 0 aromatic carbocycles. The number of thioether (sulfide) groups is 1. The molecule has 1 aromatic heterocycles. The molecule has 5 atom stereocenters. The first-order valence-corrected chi connectivity index (χ1v) is 12.6. The molecule has 4 unspecified atom stereocenters. The highest BCUT2D eigenvalue weighted by molar-refractivity contribution is 8.00. The molecule has 34 heavy (non-hydrogen) atoms. The molecule has 1 aromatic rings. The number of β-lactam (4-membered cyclic amide) rings is 1. The van der Waals surface area contributed by atoms with Crippen LogP contribution in [0.15, 0.2) is 21.9 Å². The second-order valence-corrected chi connectivity index (χ2v) is 11.0. The number of oxime groups is 1. The van der Waals surface area contributed by atoms with Gasteiger partial charge in [0.15, 0.2) is 10.8 Å². The van der Waals surface area contributed by atoms with Gasteiger partial charge in [0.05, 0.1) is 30.9 Å². The number of aromatic nitrogens is 1. The number of carbonyl (C=O) groups is 3. The number of nitrogen functional groups attached to an aromatic ring is 1. The van der Waals surface area contributed by atoms with E-state index in [9.17, 15) is 29.8 Å². The number of rotatable bonds is 7. The summed E-state index contributed by atoms with van der Waals surface area (Å²) < 4.78 is 0.331.